The number of methoxy groups -OCH3 is 1. The first-order valence-corrected chi connectivity index (χ1v) is 5.92. The highest BCUT2D eigenvalue weighted by Crippen LogP contribution is 2.13. The van der Waals surface area contributed by atoms with Crippen LogP contribution in [0, 0.1) is 0 Å². The Kier molecular flexibility index (Phi) is 6.67. The summed E-state index contributed by atoms with van der Waals surface area (Å²) in [5.74, 6) is 0.667. The van der Waals surface area contributed by atoms with Gasteiger partial charge >= 0.3 is 0 Å². The van der Waals surface area contributed by atoms with Crippen LogP contribution in [-0.4, -0.2) is 49.3 Å². The SMILES string of the molecule is COCCc1ccc(OC[C@@H](O)[C@@H](N)CO)cc1. The zero-order valence-corrected chi connectivity index (χ0v) is 10.6. The first-order chi connectivity index (χ1) is 8.67. The molecule has 1 rings (SSSR count). The van der Waals surface area contributed by atoms with Gasteiger partial charge in [-0.15, -0.1) is 0 Å². The summed E-state index contributed by atoms with van der Waals surface area (Å²) in [5.41, 5.74) is 6.63. The fraction of sp³-hybridized carbons (Fsp3) is 0.538. The van der Waals surface area contributed by atoms with Gasteiger partial charge in [-0.2, -0.15) is 0 Å². The minimum Gasteiger partial charge on any atom is -0.491 e. The molecule has 5 heteroatoms. The molecule has 0 aliphatic rings. The third kappa shape index (κ3) is 5.01. The van der Waals surface area contributed by atoms with E-state index in [4.69, 9.17) is 20.3 Å². The molecule has 4 N–H and O–H groups in total. The molecule has 0 heterocycles. The maximum atomic E-state index is 9.52. The highest BCUT2D eigenvalue weighted by molar-refractivity contribution is 5.27. The summed E-state index contributed by atoms with van der Waals surface area (Å²) < 4.78 is 10.4. The van der Waals surface area contributed by atoms with Gasteiger partial charge in [0.25, 0.3) is 0 Å². The van der Waals surface area contributed by atoms with Crippen LogP contribution < -0.4 is 10.5 Å². The van der Waals surface area contributed by atoms with E-state index in [-0.39, 0.29) is 13.2 Å². The molecule has 2 atom stereocenters. The van der Waals surface area contributed by atoms with Crippen molar-refractivity contribution >= 4 is 0 Å². The molecule has 0 aliphatic heterocycles. The quantitative estimate of drug-likeness (QED) is 0.606. The van der Waals surface area contributed by atoms with Crippen LogP contribution in [0.1, 0.15) is 5.56 Å². The van der Waals surface area contributed by atoms with E-state index in [2.05, 4.69) is 0 Å². The van der Waals surface area contributed by atoms with Crippen LogP contribution >= 0.6 is 0 Å². The Morgan fingerprint density at radius 2 is 1.94 bits per heavy atom. The van der Waals surface area contributed by atoms with Crippen molar-refractivity contribution < 1.29 is 19.7 Å². The minimum atomic E-state index is -0.872. The molecule has 0 aromatic heterocycles. The van der Waals surface area contributed by atoms with Crippen molar-refractivity contribution in [3.05, 3.63) is 29.8 Å². The molecule has 0 saturated carbocycles. The van der Waals surface area contributed by atoms with Crippen LogP contribution in [0.25, 0.3) is 0 Å². The summed E-state index contributed by atoms with van der Waals surface area (Å²) in [4.78, 5) is 0. The van der Waals surface area contributed by atoms with Gasteiger partial charge in [-0.1, -0.05) is 12.1 Å². The molecule has 5 nitrogen and oxygen atoms in total. The molecule has 102 valence electrons. The van der Waals surface area contributed by atoms with Crippen LogP contribution in [0.5, 0.6) is 5.75 Å². The van der Waals surface area contributed by atoms with Crippen molar-refractivity contribution in [3.8, 4) is 5.75 Å². The lowest BCUT2D eigenvalue weighted by Gasteiger charge is -2.17. The van der Waals surface area contributed by atoms with E-state index < -0.39 is 12.1 Å². The summed E-state index contributed by atoms with van der Waals surface area (Å²) in [6.45, 7) is 0.490. The monoisotopic (exact) mass is 255 g/mol. The van der Waals surface area contributed by atoms with E-state index in [0.29, 0.717) is 12.4 Å². The third-order valence-electron chi connectivity index (χ3n) is 2.64. The van der Waals surface area contributed by atoms with Gasteiger partial charge in [-0.3, -0.25) is 0 Å². The van der Waals surface area contributed by atoms with Gasteiger partial charge in [0.05, 0.1) is 19.3 Å². The molecule has 0 spiro atoms. The van der Waals surface area contributed by atoms with Gasteiger partial charge in [0.15, 0.2) is 0 Å². The molecule has 0 amide bonds. The van der Waals surface area contributed by atoms with Gasteiger partial charge in [-0.25, -0.2) is 0 Å². The van der Waals surface area contributed by atoms with Gasteiger partial charge in [0.1, 0.15) is 18.5 Å². The summed E-state index contributed by atoms with van der Waals surface area (Å²) in [6.07, 6.45) is -0.0161. The van der Waals surface area contributed by atoms with Crippen molar-refractivity contribution in [1.29, 1.82) is 0 Å². The van der Waals surface area contributed by atoms with Gasteiger partial charge < -0.3 is 25.4 Å². The molecule has 0 bridgehead atoms. The first kappa shape index (κ1) is 14.9. The fourth-order valence-corrected chi connectivity index (χ4v) is 1.40. The van der Waals surface area contributed by atoms with Crippen molar-refractivity contribution in [2.75, 3.05) is 26.9 Å². The van der Waals surface area contributed by atoms with Crippen molar-refractivity contribution in [3.63, 3.8) is 0 Å². The van der Waals surface area contributed by atoms with Crippen LogP contribution in [-0.2, 0) is 11.2 Å². The van der Waals surface area contributed by atoms with E-state index in [1.165, 1.54) is 0 Å². The summed E-state index contributed by atoms with van der Waals surface area (Å²) >= 11 is 0. The molecule has 0 fully saturated rings. The van der Waals surface area contributed by atoms with E-state index in [1.54, 1.807) is 7.11 Å². The van der Waals surface area contributed by atoms with Gasteiger partial charge in [-0.05, 0) is 24.1 Å². The number of aliphatic hydroxyl groups is 2. The topological polar surface area (TPSA) is 84.9 Å². The normalized spacial score (nSPS) is 14.2. The Morgan fingerprint density at radius 3 is 2.50 bits per heavy atom. The Bertz CT molecular complexity index is 328. The fourth-order valence-electron chi connectivity index (χ4n) is 1.40. The van der Waals surface area contributed by atoms with Crippen LogP contribution in [0.15, 0.2) is 24.3 Å². The zero-order valence-electron chi connectivity index (χ0n) is 10.6. The second-order valence-electron chi connectivity index (χ2n) is 4.11. The predicted octanol–water partition coefficient (Wildman–Crippen LogP) is -0.0652. The number of benzene rings is 1. The maximum Gasteiger partial charge on any atom is 0.119 e. The highest BCUT2D eigenvalue weighted by Gasteiger charge is 2.14. The standard InChI is InChI=1S/C13H21NO4/c1-17-7-6-10-2-4-11(5-3-10)18-9-13(16)12(14)8-15/h2-5,12-13,15-16H,6-9,14H2,1H3/t12-,13+/m0/s1. The molecule has 0 unspecified atom stereocenters. The summed E-state index contributed by atoms with van der Waals surface area (Å²) in [7, 11) is 1.67. The molecule has 1 aromatic carbocycles. The molecule has 18 heavy (non-hydrogen) atoms. The number of rotatable bonds is 8. The largest absolute Gasteiger partial charge is 0.491 e. The zero-order chi connectivity index (χ0) is 13.4. The van der Waals surface area contributed by atoms with Gasteiger partial charge in [0, 0.05) is 7.11 Å². The Hall–Kier alpha value is -1.14. The molecule has 0 radical (unpaired) electrons. The molecular weight excluding hydrogens is 234 g/mol. The highest BCUT2D eigenvalue weighted by atomic mass is 16.5. The van der Waals surface area contributed by atoms with Crippen molar-refractivity contribution in [2.24, 2.45) is 5.73 Å². The van der Waals surface area contributed by atoms with Crippen molar-refractivity contribution in [1.82, 2.24) is 0 Å². The molecular formula is C13H21NO4. The summed E-state index contributed by atoms with van der Waals surface area (Å²) in [5, 5.41) is 18.3. The van der Waals surface area contributed by atoms with Crippen LogP contribution in [0.3, 0.4) is 0 Å². The first-order valence-electron chi connectivity index (χ1n) is 5.92. The lowest BCUT2D eigenvalue weighted by atomic mass is 10.1. The Balaban J connectivity index is 2.39. The minimum absolute atomic E-state index is 0.0686. The smallest absolute Gasteiger partial charge is 0.119 e. The van der Waals surface area contributed by atoms with E-state index >= 15 is 0 Å². The molecule has 0 saturated heterocycles. The number of nitrogens with two attached hydrogens (primary N) is 1. The van der Waals surface area contributed by atoms with Crippen LogP contribution in [0.2, 0.25) is 0 Å². The molecule has 1 aromatic rings. The van der Waals surface area contributed by atoms with E-state index in [1.807, 2.05) is 24.3 Å². The number of ether oxygens (including phenoxy) is 2. The number of hydrogen-bond acceptors (Lipinski definition) is 5. The van der Waals surface area contributed by atoms with Crippen molar-refractivity contribution in [2.45, 2.75) is 18.6 Å². The third-order valence-corrected chi connectivity index (χ3v) is 2.64. The Labute approximate surface area is 107 Å². The maximum absolute atomic E-state index is 9.52. The van der Waals surface area contributed by atoms with E-state index in [0.717, 1.165) is 12.0 Å². The predicted molar refractivity (Wildman–Crippen MR) is 68.6 cm³/mol. The second-order valence-corrected chi connectivity index (χ2v) is 4.11. The Morgan fingerprint density at radius 1 is 1.28 bits per heavy atom. The number of hydrogen-bond donors (Lipinski definition) is 3. The van der Waals surface area contributed by atoms with Crippen LogP contribution in [0.4, 0.5) is 0 Å². The van der Waals surface area contributed by atoms with E-state index in [9.17, 15) is 5.11 Å². The summed E-state index contributed by atoms with van der Waals surface area (Å²) in [6, 6.07) is 6.90. The molecule has 0 aliphatic carbocycles. The number of aliphatic hydroxyl groups excluding tert-OH is 2. The second kappa shape index (κ2) is 8.05. The average Bonchev–Trinajstić information content (AvgIpc) is 2.42. The lowest BCUT2D eigenvalue weighted by Crippen LogP contribution is -2.41. The lowest BCUT2D eigenvalue weighted by molar-refractivity contribution is 0.0641. The van der Waals surface area contributed by atoms with Gasteiger partial charge in [0.2, 0.25) is 0 Å². The average molecular weight is 255 g/mol.